The van der Waals surface area contributed by atoms with Crippen LogP contribution in [0.2, 0.25) is 0 Å². The third-order valence-corrected chi connectivity index (χ3v) is 8.37. The lowest BCUT2D eigenvalue weighted by Gasteiger charge is -2.27. The minimum Gasteiger partial charge on any atom is -0.358 e. The summed E-state index contributed by atoms with van der Waals surface area (Å²) >= 11 is 0. The largest absolute Gasteiger partial charge is 0.358 e. The lowest BCUT2D eigenvalue weighted by atomic mass is 9.87. The summed E-state index contributed by atoms with van der Waals surface area (Å²) in [6.07, 6.45) is 4.72. The Balaban J connectivity index is 1.45. The second-order valence-electron chi connectivity index (χ2n) is 11.0. The van der Waals surface area contributed by atoms with Crippen molar-refractivity contribution in [1.29, 1.82) is 5.41 Å². The lowest BCUT2D eigenvalue weighted by molar-refractivity contribution is 0.898. The fourth-order valence-corrected chi connectivity index (χ4v) is 6.24. The van der Waals surface area contributed by atoms with E-state index < -0.39 is 0 Å². The Bertz CT molecular complexity index is 2030. The lowest BCUT2D eigenvalue weighted by Crippen LogP contribution is -2.22. The van der Waals surface area contributed by atoms with Gasteiger partial charge in [0.1, 0.15) is 0 Å². The van der Waals surface area contributed by atoms with Gasteiger partial charge in [-0.1, -0.05) is 103 Å². The Morgan fingerprint density at radius 1 is 0.707 bits per heavy atom. The molecule has 3 nitrogen and oxygen atoms in total. The molecule has 0 atom stereocenters. The Morgan fingerprint density at radius 2 is 1.41 bits per heavy atom. The van der Waals surface area contributed by atoms with Crippen LogP contribution in [-0.4, -0.2) is 10.3 Å². The topological polar surface area (TPSA) is 40.8 Å². The van der Waals surface area contributed by atoms with Crippen LogP contribution in [0.5, 0.6) is 0 Å². The normalized spacial score (nSPS) is 15.8. The van der Waals surface area contributed by atoms with Crippen LogP contribution >= 0.6 is 0 Å². The summed E-state index contributed by atoms with van der Waals surface area (Å²) in [7, 11) is 0. The molecule has 1 aliphatic carbocycles. The molecular weight excluding hydrogens is 498 g/mol. The fourth-order valence-electron chi connectivity index (χ4n) is 6.24. The molecule has 2 N–H and O–H groups in total. The number of benzene rings is 5. The van der Waals surface area contributed by atoms with Crippen molar-refractivity contribution in [2.24, 2.45) is 5.92 Å². The van der Waals surface area contributed by atoms with Gasteiger partial charge < -0.3 is 9.88 Å². The zero-order valence-electron chi connectivity index (χ0n) is 22.6. The predicted octanol–water partition coefficient (Wildman–Crippen LogP) is 9.07. The minimum absolute atomic E-state index is 0.496. The first kappa shape index (κ1) is 23.7. The molecule has 5 aromatic carbocycles. The number of allylic oxidation sites excluding steroid dienone is 2. The van der Waals surface area contributed by atoms with E-state index in [1.165, 1.54) is 29.5 Å². The molecule has 2 heterocycles. The van der Waals surface area contributed by atoms with Gasteiger partial charge in [0.05, 0.1) is 22.6 Å². The van der Waals surface area contributed by atoms with E-state index in [1.807, 2.05) is 6.07 Å². The maximum atomic E-state index is 10.1. The first-order valence-corrected chi connectivity index (χ1v) is 14.3. The van der Waals surface area contributed by atoms with Crippen molar-refractivity contribution in [3.8, 4) is 5.69 Å². The summed E-state index contributed by atoms with van der Waals surface area (Å²) < 4.78 is 2.23. The van der Waals surface area contributed by atoms with Gasteiger partial charge in [-0.15, -0.1) is 0 Å². The van der Waals surface area contributed by atoms with Crippen LogP contribution in [0.1, 0.15) is 35.2 Å². The van der Waals surface area contributed by atoms with Gasteiger partial charge >= 0.3 is 0 Å². The van der Waals surface area contributed by atoms with Gasteiger partial charge in [-0.05, 0) is 71.0 Å². The third kappa shape index (κ3) is 4.01. The van der Waals surface area contributed by atoms with Crippen LogP contribution < -0.4 is 5.32 Å². The van der Waals surface area contributed by atoms with Gasteiger partial charge in [0, 0.05) is 27.9 Å². The number of aromatic nitrogens is 1. The molecule has 8 rings (SSSR count). The summed E-state index contributed by atoms with van der Waals surface area (Å²) in [6, 6.07) is 44.6. The van der Waals surface area contributed by atoms with E-state index in [9.17, 15) is 5.41 Å². The van der Waals surface area contributed by atoms with Crippen molar-refractivity contribution >= 4 is 44.7 Å². The highest BCUT2D eigenvalue weighted by molar-refractivity contribution is 6.37. The number of fused-ring (bicyclic) bond motifs is 3. The van der Waals surface area contributed by atoms with E-state index in [-0.39, 0.29) is 0 Å². The minimum atomic E-state index is 0.496. The Labute approximate surface area is 239 Å². The molecule has 1 fully saturated rings. The summed E-state index contributed by atoms with van der Waals surface area (Å²) in [6.45, 7) is 0. The van der Waals surface area contributed by atoms with Crippen LogP contribution in [0, 0.1) is 11.3 Å². The molecule has 1 aliphatic heterocycles. The number of rotatable bonds is 5. The quantitative estimate of drug-likeness (QED) is 0.216. The number of hydrogen-bond donors (Lipinski definition) is 2. The maximum Gasteiger partial charge on any atom is 0.0880 e. The van der Waals surface area contributed by atoms with Gasteiger partial charge in [0.25, 0.3) is 0 Å². The molecule has 1 saturated carbocycles. The van der Waals surface area contributed by atoms with Crippen molar-refractivity contribution in [2.75, 3.05) is 0 Å². The van der Waals surface area contributed by atoms with Crippen LogP contribution in [-0.2, 0) is 0 Å². The number of hydrogen-bond acceptors (Lipinski definition) is 2. The van der Waals surface area contributed by atoms with E-state index in [1.54, 1.807) is 0 Å². The first-order chi connectivity index (χ1) is 20.3. The zero-order valence-corrected chi connectivity index (χ0v) is 22.6. The van der Waals surface area contributed by atoms with Gasteiger partial charge in [-0.3, -0.25) is 5.41 Å². The van der Waals surface area contributed by atoms with Gasteiger partial charge in [-0.25, -0.2) is 0 Å². The number of para-hydroxylation sites is 2. The van der Waals surface area contributed by atoms with E-state index in [0.29, 0.717) is 11.6 Å². The molecule has 6 aromatic rings. The van der Waals surface area contributed by atoms with Gasteiger partial charge in [0.2, 0.25) is 0 Å². The molecule has 2 aliphatic rings. The SMILES string of the molecule is N=C(/C(=C1\NC(C2CC2)=Cc2ccccc21)c1cccc2ccccc12)c1cc2ccccc2n1-c1ccccc1. The molecule has 0 unspecified atom stereocenters. The van der Waals surface area contributed by atoms with Crippen LogP contribution in [0.15, 0.2) is 133 Å². The van der Waals surface area contributed by atoms with E-state index in [0.717, 1.165) is 50.1 Å². The monoisotopic (exact) mass is 527 g/mol. The first-order valence-electron chi connectivity index (χ1n) is 14.3. The van der Waals surface area contributed by atoms with E-state index >= 15 is 0 Å². The molecule has 0 radical (unpaired) electrons. The van der Waals surface area contributed by atoms with Crippen molar-refractivity contribution in [1.82, 2.24) is 9.88 Å². The molecule has 0 amide bonds. The average molecular weight is 528 g/mol. The van der Waals surface area contributed by atoms with Crippen molar-refractivity contribution in [3.05, 3.63) is 155 Å². The molecule has 3 heteroatoms. The summed E-state index contributed by atoms with van der Waals surface area (Å²) in [5.41, 5.74) is 10.1. The highest BCUT2D eigenvalue weighted by atomic mass is 15.0. The number of nitrogens with zero attached hydrogens (tertiary/aromatic N) is 1. The maximum absolute atomic E-state index is 10.1. The van der Waals surface area contributed by atoms with Crippen LogP contribution in [0.3, 0.4) is 0 Å². The summed E-state index contributed by atoms with van der Waals surface area (Å²) in [4.78, 5) is 0. The van der Waals surface area contributed by atoms with Crippen molar-refractivity contribution in [3.63, 3.8) is 0 Å². The standard InChI is InChI=1S/C38H29N3/c39-37(35-24-28-13-6-9-20-34(28)41(35)29-15-2-1-3-16-29)36(32-19-10-14-25-11-4-7-17-30(25)32)38-31-18-8-5-12-27(31)23-33(40-38)26-21-22-26/h1-20,23-24,26,39-40H,21-22H2/b38-36-,39-37?. The average Bonchev–Trinajstić information content (AvgIpc) is 3.81. The van der Waals surface area contributed by atoms with Crippen LogP contribution in [0.25, 0.3) is 44.7 Å². The molecule has 0 spiro atoms. The molecule has 41 heavy (non-hydrogen) atoms. The molecular formula is C38H29N3. The fraction of sp³-hybridized carbons (Fsp3) is 0.0789. The van der Waals surface area contributed by atoms with E-state index in [2.05, 4.69) is 137 Å². The Hall–Kier alpha value is -5.15. The summed E-state index contributed by atoms with van der Waals surface area (Å²) in [5, 5.41) is 17.4. The number of nitrogens with one attached hydrogen (secondary N) is 2. The van der Waals surface area contributed by atoms with Crippen molar-refractivity contribution in [2.45, 2.75) is 12.8 Å². The second-order valence-corrected chi connectivity index (χ2v) is 11.0. The van der Waals surface area contributed by atoms with Gasteiger partial charge in [-0.2, -0.15) is 0 Å². The highest BCUT2D eigenvalue weighted by Crippen LogP contribution is 2.43. The van der Waals surface area contributed by atoms with Crippen molar-refractivity contribution < 1.29 is 0 Å². The molecule has 0 bridgehead atoms. The predicted molar refractivity (Wildman–Crippen MR) is 171 cm³/mol. The third-order valence-electron chi connectivity index (χ3n) is 8.37. The molecule has 0 saturated heterocycles. The Morgan fingerprint density at radius 3 is 2.27 bits per heavy atom. The molecule has 1 aromatic heterocycles. The van der Waals surface area contributed by atoms with Crippen LogP contribution in [0.4, 0.5) is 0 Å². The van der Waals surface area contributed by atoms with E-state index in [4.69, 9.17) is 0 Å². The summed E-state index contributed by atoms with van der Waals surface area (Å²) in [5.74, 6) is 0.553. The second kappa shape index (κ2) is 9.50. The molecule has 196 valence electrons. The Kier molecular flexibility index (Phi) is 5.49. The highest BCUT2D eigenvalue weighted by Gasteiger charge is 2.32. The smallest absolute Gasteiger partial charge is 0.0880 e. The van der Waals surface area contributed by atoms with Gasteiger partial charge in [0.15, 0.2) is 0 Å². The zero-order chi connectivity index (χ0) is 27.3.